The first kappa shape index (κ1) is 22.6. The van der Waals surface area contributed by atoms with Gasteiger partial charge >= 0.3 is 0 Å². The summed E-state index contributed by atoms with van der Waals surface area (Å²) < 4.78 is 3.12. The summed E-state index contributed by atoms with van der Waals surface area (Å²) in [6.45, 7) is 4.62. The summed E-state index contributed by atoms with van der Waals surface area (Å²) >= 11 is 6.33. The van der Waals surface area contributed by atoms with Crippen LogP contribution in [0.25, 0.3) is 16.7 Å². The van der Waals surface area contributed by atoms with Crippen LogP contribution in [0.3, 0.4) is 0 Å². The van der Waals surface area contributed by atoms with Gasteiger partial charge in [0.1, 0.15) is 0 Å². The smallest absolute Gasteiger partial charge is 0.289 e. The number of rotatable bonds is 6. The molecule has 0 aliphatic carbocycles. The predicted molar refractivity (Wildman–Crippen MR) is 134 cm³/mol. The van der Waals surface area contributed by atoms with Crippen LogP contribution >= 0.6 is 11.6 Å². The Balaban J connectivity index is 2.13. The highest BCUT2D eigenvalue weighted by Gasteiger charge is 2.14. The molecule has 4 rings (SSSR count). The summed E-state index contributed by atoms with van der Waals surface area (Å²) in [7, 11) is 0. The van der Waals surface area contributed by atoms with E-state index in [1.165, 1.54) is 4.57 Å². The lowest BCUT2D eigenvalue weighted by molar-refractivity contribution is 0.516. The summed E-state index contributed by atoms with van der Waals surface area (Å²) in [6.07, 6.45) is 0.761. The average Bonchev–Trinajstić information content (AvgIpc) is 2.89. The summed E-state index contributed by atoms with van der Waals surface area (Å²) in [4.78, 5) is 27.5. The van der Waals surface area contributed by atoms with Gasteiger partial charge in [-0.1, -0.05) is 61.8 Å². The lowest BCUT2D eigenvalue weighted by atomic mass is 10.1. The first-order valence-electron chi connectivity index (χ1n) is 10.9. The Kier molecular flexibility index (Phi) is 6.75. The first-order valence-corrected chi connectivity index (χ1v) is 11.2. The fourth-order valence-electron chi connectivity index (χ4n) is 3.62. The van der Waals surface area contributed by atoms with Crippen LogP contribution in [-0.4, -0.2) is 9.13 Å². The van der Waals surface area contributed by atoms with E-state index in [4.69, 9.17) is 11.6 Å². The van der Waals surface area contributed by atoms with Crippen LogP contribution in [0.1, 0.15) is 20.3 Å². The normalized spacial score (nSPS) is 11.8. The summed E-state index contributed by atoms with van der Waals surface area (Å²) in [6, 6.07) is 23.7. The Morgan fingerprint density at radius 2 is 1.55 bits per heavy atom. The molecule has 168 valence electrons. The number of benzene rings is 3. The molecular weight excluding hydrogens is 436 g/mol. The third-order valence-electron chi connectivity index (χ3n) is 5.34. The molecule has 33 heavy (non-hydrogen) atoms. The van der Waals surface area contributed by atoms with Crippen LogP contribution in [-0.2, 0) is 6.54 Å². The van der Waals surface area contributed by atoms with Crippen molar-refractivity contribution < 1.29 is 0 Å². The van der Waals surface area contributed by atoms with Gasteiger partial charge in [0.05, 0.1) is 16.7 Å². The molecular formula is C26H25ClN4O2. The molecule has 0 saturated heterocycles. The second kappa shape index (κ2) is 9.88. The molecule has 4 aromatic rings. The van der Waals surface area contributed by atoms with Gasteiger partial charge in [0, 0.05) is 17.3 Å². The molecule has 0 aliphatic heterocycles. The Hall–Kier alpha value is -3.64. The van der Waals surface area contributed by atoms with E-state index < -0.39 is 11.1 Å². The standard InChI is InChI=1S/C26H25ClN4O2/c1-18(2)15-16-30-23-17-19(27)13-14-22(23)31(21-11-7-4-8-12-21)26(33)24(25(30)32)29-28-20-9-5-3-6-10-20/h3-14,17-18,28H,15-16H2,1-2H3/b29-24-. The topological polar surface area (TPSA) is 68.4 Å². The molecule has 6 nitrogen and oxygen atoms in total. The minimum Gasteiger partial charge on any atom is -0.305 e. The van der Waals surface area contributed by atoms with Gasteiger partial charge in [0.25, 0.3) is 11.1 Å². The molecule has 0 radical (unpaired) electrons. The highest BCUT2D eigenvalue weighted by molar-refractivity contribution is 6.31. The number of fused-ring (bicyclic) bond motifs is 1. The zero-order chi connectivity index (χ0) is 23.4. The molecule has 0 bridgehead atoms. The Morgan fingerprint density at radius 3 is 2.21 bits per heavy atom. The molecule has 0 amide bonds. The van der Waals surface area contributed by atoms with Crippen molar-refractivity contribution in [3.63, 3.8) is 0 Å². The Labute approximate surface area is 196 Å². The van der Waals surface area contributed by atoms with Gasteiger partial charge in [-0.25, -0.2) is 0 Å². The summed E-state index contributed by atoms with van der Waals surface area (Å²) in [5, 5.41) is 4.58. The molecule has 0 saturated carbocycles. The van der Waals surface area contributed by atoms with Crippen LogP contribution in [0.4, 0.5) is 5.69 Å². The maximum Gasteiger partial charge on any atom is 0.289 e. The third kappa shape index (κ3) is 4.91. The van der Waals surface area contributed by atoms with E-state index in [1.54, 1.807) is 22.8 Å². The second-order valence-electron chi connectivity index (χ2n) is 8.19. The van der Waals surface area contributed by atoms with E-state index in [0.717, 1.165) is 6.42 Å². The van der Waals surface area contributed by atoms with Crippen molar-refractivity contribution in [2.45, 2.75) is 26.8 Å². The number of hydrogen-bond donors (Lipinski definition) is 1. The summed E-state index contributed by atoms with van der Waals surface area (Å²) in [5.41, 5.74) is 4.36. The van der Waals surface area contributed by atoms with E-state index in [1.807, 2.05) is 60.7 Å². The largest absolute Gasteiger partial charge is 0.305 e. The van der Waals surface area contributed by atoms with Crippen molar-refractivity contribution in [3.05, 3.63) is 110 Å². The minimum atomic E-state index is -0.509. The molecule has 0 fully saturated rings. The zero-order valence-electron chi connectivity index (χ0n) is 18.5. The van der Waals surface area contributed by atoms with Crippen LogP contribution in [0.15, 0.2) is 93.6 Å². The number of aryl methyl sites for hydroxylation is 1. The second-order valence-corrected chi connectivity index (χ2v) is 8.62. The molecule has 3 aromatic carbocycles. The third-order valence-corrected chi connectivity index (χ3v) is 5.57. The van der Waals surface area contributed by atoms with E-state index >= 15 is 0 Å². The maximum atomic E-state index is 13.8. The van der Waals surface area contributed by atoms with Gasteiger partial charge in [-0.05, 0) is 54.8 Å². The van der Waals surface area contributed by atoms with Crippen molar-refractivity contribution in [2.75, 3.05) is 5.43 Å². The number of para-hydroxylation sites is 2. The first-order chi connectivity index (χ1) is 16.0. The van der Waals surface area contributed by atoms with Gasteiger partial charge in [-0.15, -0.1) is 0 Å². The zero-order valence-corrected chi connectivity index (χ0v) is 19.3. The van der Waals surface area contributed by atoms with Crippen molar-refractivity contribution in [1.82, 2.24) is 9.13 Å². The van der Waals surface area contributed by atoms with E-state index in [-0.39, 0.29) is 5.36 Å². The van der Waals surface area contributed by atoms with Crippen molar-refractivity contribution in [1.29, 1.82) is 0 Å². The van der Waals surface area contributed by atoms with E-state index in [2.05, 4.69) is 24.4 Å². The van der Waals surface area contributed by atoms with Crippen LogP contribution < -0.4 is 21.9 Å². The molecule has 1 N–H and O–H groups in total. The van der Waals surface area contributed by atoms with Gasteiger partial charge in [0.2, 0.25) is 5.36 Å². The van der Waals surface area contributed by atoms with Crippen molar-refractivity contribution >= 4 is 28.3 Å². The van der Waals surface area contributed by atoms with E-state index in [0.29, 0.717) is 39.9 Å². The molecule has 0 spiro atoms. The van der Waals surface area contributed by atoms with Gasteiger partial charge in [-0.2, -0.15) is 5.10 Å². The number of aromatic nitrogens is 2. The lowest BCUT2D eigenvalue weighted by Crippen LogP contribution is -2.45. The number of halogens is 1. The molecule has 0 aliphatic rings. The highest BCUT2D eigenvalue weighted by atomic mass is 35.5. The number of nitrogens with zero attached hydrogens (tertiary/aromatic N) is 3. The average molecular weight is 461 g/mol. The quantitative estimate of drug-likeness (QED) is 0.421. The lowest BCUT2D eigenvalue weighted by Gasteiger charge is -2.11. The maximum absolute atomic E-state index is 13.8. The van der Waals surface area contributed by atoms with Crippen molar-refractivity contribution in [2.24, 2.45) is 11.0 Å². The Bertz CT molecular complexity index is 1460. The number of anilines is 1. The van der Waals surface area contributed by atoms with Gasteiger partial charge in [0.15, 0.2) is 0 Å². The van der Waals surface area contributed by atoms with Crippen LogP contribution in [0.5, 0.6) is 0 Å². The number of hydrogen-bond acceptors (Lipinski definition) is 4. The fraction of sp³-hybridized carbons (Fsp3) is 0.192. The fourth-order valence-corrected chi connectivity index (χ4v) is 3.78. The Morgan fingerprint density at radius 1 is 0.879 bits per heavy atom. The number of nitrogens with one attached hydrogen (secondary N) is 1. The highest BCUT2D eigenvalue weighted by Crippen LogP contribution is 2.20. The minimum absolute atomic E-state index is 0.196. The molecule has 0 unspecified atom stereocenters. The van der Waals surface area contributed by atoms with Crippen LogP contribution in [0, 0.1) is 5.92 Å². The van der Waals surface area contributed by atoms with Crippen LogP contribution in [0.2, 0.25) is 5.02 Å². The SMILES string of the molecule is CC(C)CCn1c(=O)/c(=N/Nc2ccccc2)c(=O)n(-c2ccccc2)c2ccc(Cl)cc21. The molecule has 1 heterocycles. The van der Waals surface area contributed by atoms with Gasteiger partial charge in [-0.3, -0.25) is 19.6 Å². The molecule has 7 heteroatoms. The summed E-state index contributed by atoms with van der Waals surface area (Å²) in [5.74, 6) is 0.368. The van der Waals surface area contributed by atoms with Crippen molar-refractivity contribution in [3.8, 4) is 5.69 Å². The van der Waals surface area contributed by atoms with Gasteiger partial charge < -0.3 is 4.57 Å². The molecule has 1 aromatic heterocycles. The van der Waals surface area contributed by atoms with E-state index in [9.17, 15) is 9.59 Å². The monoisotopic (exact) mass is 460 g/mol. The molecule has 0 atom stereocenters. The predicted octanol–water partition coefficient (Wildman–Crippen LogP) is 4.78.